The predicted molar refractivity (Wildman–Crippen MR) is 50.1 cm³/mol. The second-order valence-corrected chi connectivity index (χ2v) is 4.82. The van der Waals surface area contributed by atoms with Crippen LogP contribution in [-0.4, -0.2) is 44.9 Å². The molecule has 98 valence electrons. The molecule has 1 unspecified atom stereocenters. The summed E-state index contributed by atoms with van der Waals surface area (Å²) in [7, 11) is -5.26. The van der Waals surface area contributed by atoms with Crippen molar-refractivity contribution in [2.45, 2.75) is 25.0 Å². The first-order valence-corrected chi connectivity index (χ1v) is 5.97. The number of ether oxygens (including phenoxy) is 1. The van der Waals surface area contributed by atoms with Crippen LogP contribution in [0, 0.1) is 0 Å². The number of hydrogen-bond acceptors (Lipinski definition) is 4. The van der Waals surface area contributed by atoms with Crippen LogP contribution in [0.4, 0.5) is 13.2 Å². The van der Waals surface area contributed by atoms with Gasteiger partial charge in [-0.2, -0.15) is 13.2 Å². The molecule has 0 aromatic rings. The minimum Gasteiger partial charge on any atom is -0.394 e. The molecule has 0 bridgehead atoms. The quantitative estimate of drug-likeness (QED) is 0.645. The molecule has 0 rings (SSSR count). The van der Waals surface area contributed by atoms with E-state index in [9.17, 15) is 21.6 Å². The van der Waals surface area contributed by atoms with Gasteiger partial charge in [-0.15, -0.1) is 0 Å². The molecule has 0 heterocycles. The van der Waals surface area contributed by atoms with Crippen LogP contribution >= 0.6 is 0 Å². The fourth-order valence-electron chi connectivity index (χ4n) is 0.698. The summed E-state index contributed by atoms with van der Waals surface area (Å²) in [6.45, 7) is 1.09. The number of halogens is 3. The van der Waals surface area contributed by atoms with Gasteiger partial charge in [0.25, 0.3) is 0 Å². The highest BCUT2D eigenvalue weighted by Gasteiger charge is 2.45. The largest absolute Gasteiger partial charge is 0.511 e. The predicted octanol–water partition coefficient (Wildman–Crippen LogP) is 0.213. The van der Waals surface area contributed by atoms with Crippen molar-refractivity contribution in [1.82, 2.24) is 4.72 Å². The number of aliphatic hydroxyl groups excluding tert-OH is 1. The lowest BCUT2D eigenvalue weighted by atomic mass is 10.4. The van der Waals surface area contributed by atoms with Gasteiger partial charge in [-0.05, 0) is 13.3 Å². The van der Waals surface area contributed by atoms with Crippen molar-refractivity contribution in [2.75, 3.05) is 19.8 Å². The highest BCUT2D eigenvalue weighted by Crippen LogP contribution is 2.21. The van der Waals surface area contributed by atoms with E-state index in [2.05, 4.69) is 0 Å². The van der Waals surface area contributed by atoms with Crippen molar-refractivity contribution in [3.63, 3.8) is 0 Å². The topological polar surface area (TPSA) is 75.6 Å². The van der Waals surface area contributed by atoms with E-state index >= 15 is 0 Å². The van der Waals surface area contributed by atoms with E-state index < -0.39 is 21.6 Å². The Balaban J connectivity index is 3.76. The van der Waals surface area contributed by atoms with E-state index in [0.29, 0.717) is 0 Å². The van der Waals surface area contributed by atoms with Crippen molar-refractivity contribution in [1.29, 1.82) is 0 Å². The minimum absolute atomic E-state index is 0.0715. The van der Waals surface area contributed by atoms with E-state index in [0.717, 1.165) is 0 Å². The van der Waals surface area contributed by atoms with Crippen molar-refractivity contribution >= 4 is 10.0 Å². The van der Waals surface area contributed by atoms with Crippen molar-refractivity contribution in [3.8, 4) is 0 Å². The van der Waals surface area contributed by atoms with Crippen LogP contribution in [0.2, 0.25) is 0 Å². The molecule has 0 aromatic heterocycles. The van der Waals surface area contributed by atoms with Gasteiger partial charge in [-0.3, -0.25) is 0 Å². The molecule has 0 fully saturated rings. The number of aliphatic hydroxyl groups is 1. The summed E-state index contributed by atoms with van der Waals surface area (Å²) in [4.78, 5) is 0. The Hall–Kier alpha value is -0.380. The second-order valence-electron chi connectivity index (χ2n) is 3.06. The van der Waals surface area contributed by atoms with E-state index in [1.165, 1.54) is 4.72 Å². The zero-order valence-electron chi connectivity index (χ0n) is 8.62. The second kappa shape index (κ2) is 6.38. The molecule has 0 aliphatic carbocycles. The Bertz CT molecular complexity index is 290. The van der Waals surface area contributed by atoms with Crippen LogP contribution in [-0.2, 0) is 14.8 Å². The first-order valence-electron chi connectivity index (χ1n) is 4.49. The molecular weight excluding hydrogens is 251 g/mol. The van der Waals surface area contributed by atoms with Crippen LogP contribution in [0.1, 0.15) is 13.3 Å². The molecule has 1 atom stereocenters. The number of nitrogens with one attached hydrogen (secondary N) is 1. The minimum atomic E-state index is -5.29. The molecule has 0 aliphatic heterocycles. The normalized spacial score (nSPS) is 15.1. The molecule has 0 saturated carbocycles. The molecule has 0 aromatic carbocycles. The van der Waals surface area contributed by atoms with Gasteiger partial charge in [0.15, 0.2) is 0 Å². The third kappa shape index (κ3) is 5.64. The number of hydrogen-bond donors (Lipinski definition) is 2. The van der Waals surface area contributed by atoms with Crippen LogP contribution in [0.3, 0.4) is 0 Å². The van der Waals surface area contributed by atoms with E-state index in [4.69, 9.17) is 9.84 Å². The average molecular weight is 265 g/mol. The van der Waals surface area contributed by atoms with Gasteiger partial charge in [0.05, 0.1) is 12.7 Å². The van der Waals surface area contributed by atoms with Gasteiger partial charge in [0.1, 0.15) is 0 Å². The Kier molecular flexibility index (Phi) is 6.23. The van der Waals surface area contributed by atoms with Crippen LogP contribution in [0.15, 0.2) is 0 Å². The fraction of sp³-hybridized carbons (Fsp3) is 1.00. The fourth-order valence-corrected chi connectivity index (χ4v) is 1.27. The van der Waals surface area contributed by atoms with Gasteiger partial charge >= 0.3 is 15.5 Å². The summed E-state index contributed by atoms with van der Waals surface area (Å²) < 4.78 is 62.7. The lowest BCUT2D eigenvalue weighted by Gasteiger charge is -2.11. The number of rotatable bonds is 7. The molecule has 0 radical (unpaired) electrons. The van der Waals surface area contributed by atoms with Gasteiger partial charge < -0.3 is 9.84 Å². The van der Waals surface area contributed by atoms with Gasteiger partial charge in [0.2, 0.25) is 0 Å². The van der Waals surface area contributed by atoms with Crippen molar-refractivity contribution < 1.29 is 31.4 Å². The molecule has 0 amide bonds. The summed E-state index contributed by atoms with van der Waals surface area (Å²) >= 11 is 0. The molecule has 16 heavy (non-hydrogen) atoms. The first-order chi connectivity index (χ1) is 7.20. The summed E-state index contributed by atoms with van der Waals surface area (Å²) in [5, 5.41) is 8.54. The van der Waals surface area contributed by atoms with Crippen molar-refractivity contribution in [3.05, 3.63) is 0 Å². The van der Waals surface area contributed by atoms with E-state index in [-0.39, 0.29) is 26.2 Å². The molecule has 5 nitrogen and oxygen atoms in total. The Morgan fingerprint density at radius 1 is 1.44 bits per heavy atom. The number of alkyl halides is 3. The summed E-state index contributed by atoms with van der Waals surface area (Å²) in [5.41, 5.74) is -5.29. The lowest BCUT2D eigenvalue weighted by Crippen LogP contribution is -2.37. The maximum atomic E-state index is 11.8. The van der Waals surface area contributed by atoms with Crippen LogP contribution in [0.25, 0.3) is 0 Å². The van der Waals surface area contributed by atoms with Gasteiger partial charge in [0, 0.05) is 13.2 Å². The van der Waals surface area contributed by atoms with Crippen LogP contribution in [0.5, 0.6) is 0 Å². The SMILES string of the molecule is CC(CO)OCCCNS(=O)(=O)C(F)(F)F. The Morgan fingerprint density at radius 2 is 2.00 bits per heavy atom. The third-order valence-corrected chi connectivity index (χ3v) is 2.77. The summed E-state index contributed by atoms with van der Waals surface area (Å²) in [5.74, 6) is 0. The van der Waals surface area contributed by atoms with Gasteiger partial charge in [-0.1, -0.05) is 0 Å². The standard InChI is InChI=1S/C7H14F3NO4S/c1-6(5-12)15-4-2-3-11-16(13,14)7(8,9)10/h6,11-12H,2-5H2,1H3. The Labute approximate surface area is 91.6 Å². The summed E-state index contributed by atoms with van der Waals surface area (Å²) in [6.07, 6.45) is -0.321. The lowest BCUT2D eigenvalue weighted by molar-refractivity contribution is -0.0448. The van der Waals surface area contributed by atoms with Crippen LogP contribution < -0.4 is 4.72 Å². The zero-order chi connectivity index (χ0) is 12.8. The average Bonchev–Trinajstić information content (AvgIpc) is 2.15. The maximum absolute atomic E-state index is 11.8. The smallest absolute Gasteiger partial charge is 0.394 e. The molecule has 2 N–H and O–H groups in total. The van der Waals surface area contributed by atoms with Gasteiger partial charge in [-0.25, -0.2) is 13.1 Å². The molecule has 0 spiro atoms. The summed E-state index contributed by atoms with van der Waals surface area (Å²) in [6, 6.07) is 0. The monoisotopic (exact) mass is 265 g/mol. The third-order valence-electron chi connectivity index (χ3n) is 1.58. The zero-order valence-corrected chi connectivity index (χ0v) is 9.44. The van der Waals surface area contributed by atoms with E-state index in [1.54, 1.807) is 6.92 Å². The highest BCUT2D eigenvalue weighted by molar-refractivity contribution is 7.90. The van der Waals surface area contributed by atoms with E-state index in [1.807, 2.05) is 0 Å². The van der Waals surface area contributed by atoms with Crippen molar-refractivity contribution in [2.24, 2.45) is 0 Å². The Morgan fingerprint density at radius 3 is 2.44 bits per heavy atom. The first kappa shape index (κ1) is 15.6. The maximum Gasteiger partial charge on any atom is 0.511 e. The number of sulfonamides is 1. The molecule has 0 saturated heterocycles. The molecular formula is C7H14F3NO4S. The highest BCUT2D eigenvalue weighted by atomic mass is 32.2. The molecule has 9 heteroatoms. The molecule has 0 aliphatic rings.